The number of hydrogen-bond donors (Lipinski definition) is 1. The van der Waals surface area contributed by atoms with E-state index in [2.05, 4.69) is 10.5 Å². The molecule has 0 spiro atoms. The quantitative estimate of drug-likeness (QED) is 0.427. The van der Waals surface area contributed by atoms with Crippen molar-refractivity contribution in [2.45, 2.75) is 6.61 Å². The first-order valence-electron chi connectivity index (χ1n) is 8.28. The first kappa shape index (κ1) is 19.9. The minimum absolute atomic E-state index is 0.165. The number of rotatable bonds is 6. The maximum atomic E-state index is 13.6. The normalized spacial score (nSPS) is 10.8. The second-order valence-corrected chi connectivity index (χ2v) is 6.58. The van der Waals surface area contributed by atoms with Gasteiger partial charge in [-0.25, -0.2) is 9.82 Å². The number of para-hydroxylation sites is 1. The van der Waals surface area contributed by atoms with Gasteiger partial charge in [0, 0.05) is 21.2 Å². The minimum atomic E-state index is -0.481. The van der Waals surface area contributed by atoms with E-state index in [1.54, 1.807) is 60.7 Å². The Hall–Kier alpha value is -2.89. The van der Waals surface area contributed by atoms with Gasteiger partial charge in [0.15, 0.2) is 0 Å². The molecule has 1 amide bonds. The molecule has 0 unspecified atom stereocenters. The third-order valence-corrected chi connectivity index (χ3v) is 4.39. The van der Waals surface area contributed by atoms with Gasteiger partial charge in [0.05, 0.1) is 11.8 Å². The molecule has 28 heavy (non-hydrogen) atoms. The zero-order valence-corrected chi connectivity index (χ0v) is 16.0. The maximum Gasteiger partial charge on any atom is 0.275 e. The number of nitrogens with zero attached hydrogens (tertiary/aromatic N) is 1. The van der Waals surface area contributed by atoms with Crippen molar-refractivity contribution in [1.29, 1.82) is 0 Å². The number of ether oxygens (including phenoxy) is 1. The Morgan fingerprint density at radius 3 is 2.61 bits per heavy atom. The molecule has 0 fully saturated rings. The van der Waals surface area contributed by atoms with Crippen LogP contribution in [0.3, 0.4) is 0 Å². The summed E-state index contributed by atoms with van der Waals surface area (Å²) in [5.74, 6) is -0.540. The van der Waals surface area contributed by atoms with Gasteiger partial charge < -0.3 is 4.74 Å². The fourth-order valence-corrected chi connectivity index (χ4v) is 2.84. The second kappa shape index (κ2) is 9.35. The van der Waals surface area contributed by atoms with Gasteiger partial charge in [-0.1, -0.05) is 59.6 Å². The lowest BCUT2D eigenvalue weighted by Gasteiger charge is -2.11. The summed E-state index contributed by atoms with van der Waals surface area (Å²) < 4.78 is 19.3. The fraction of sp³-hybridized carbons (Fsp3) is 0.0476. The third-order valence-electron chi connectivity index (χ3n) is 3.80. The lowest BCUT2D eigenvalue weighted by molar-refractivity contribution is 0.0950. The highest BCUT2D eigenvalue weighted by Crippen LogP contribution is 2.24. The van der Waals surface area contributed by atoms with Crippen LogP contribution in [0.2, 0.25) is 10.0 Å². The van der Waals surface area contributed by atoms with Crippen molar-refractivity contribution in [3.8, 4) is 5.75 Å². The Bertz CT molecular complexity index is 1020. The van der Waals surface area contributed by atoms with Crippen LogP contribution >= 0.6 is 23.2 Å². The molecule has 0 aliphatic carbocycles. The highest BCUT2D eigenvalue weighted by Gasteiger charge is 2.12. The van der Waals surface area contributed by atoms with Crippen molar-refractivity contribution in [3.63, 3.8) is 0 Å². The van der Waals surface area contributed by atoms with E-state index in [0.717, 1.165) is 5.56 Å². The highest BCUT2D eigenvalue weighted by molar-refractivity contribution is 6.35. The average molecular weight is 417 g/mol. The second-order valence-electron chi connectivity index (χ2n) is 5.74. The van der Waals surface area contributed by atoms with E-state index in [4.69, 9.17) is 27.9 Å². The molecule has 0 aromatic heterocycles. The van der Waals surface area contributed by atoms with Gasteiger partial charge in [0.2, 0.25) is 0 Å². The number of hydrogen-bond acceptors (Lipinski definition) is 3. The van der Waals surface area contributed by atoms with Crippen LogP contribution in [0.15, 0.2) is 71.8 Å². The molecule has 7 heteroatoms. The Labute approximate surface area is 171 Å². The molecule has 0 bridgehead atoms. The van der Waals surface area contributed by atoms with E-state index in [0.29, 0.717) is 21.4 Å². The van der Waals surface area contributed by atoms with E-state index in [-0.39, 0.29) is 12.2 Å². The number of carbonyl (C=O) groups is 1. The summed E-state index contributed by atoms with van der Waals surface area (Å²) in [6.07, 6.45) is 1.24. The van der Waals surface area contributed by atoms with Crippen LogP contribution < -0.4 is 10.2 Å². The van der Waals surface area contributed by atoms with Gasteiger partial charge in [-0.2, -0.15) is 5.10 Å². The monoisotopic (exact) mass is 416 g/mol. The van der Waals surface area contributed by atoms with Crippen molar-refractivity contribution in [3.05, 3.63) is 99.3 Å². The molecule has 1 N–H and O–H groups in total. The van der Waals surface area contributed by atoms with E-state index in [1.807, 2.05) is 0 Å². The number of benzene rings is 3. The molecule has 3 aromatic rings. The predicted octanol–water partition coefficient (Wildman–Crippen LogP) is 5.48. The molecule has 0 atom stereocenters. The van der Waals surface area contributed by atoms with Gasteiger partial charge in [0.1, 0.15) is 18.2 Å². The fourth-order valence-electron chi connectivity index (χ4n) is 2.37. The summed E-state index contributed by atoms with van der Waals surface area (Å²) in [7, 11) is 0. The standard InChI is InChI=1S/C21H15Cl2FN2O2/c22-16-10-9-15(18(23)11-16)13-28-20-8-4-2-6-17(20)21(27)26-25-12-14-5-1-3-7-19(14)24/h1-12H,13H2,(H,26,27)/b25-12-. The summed E-state index contributed by atoms with van der Waals surface area (Å²) in [4.78, 5) is 12.4. The number of amides is 1. The molecule has 4 nitrogen and oxygen atoms in total. The Morgan fingerprint density at radius 1 is 1.07 bits per heavy atom. The Morgan fingerprint density at radius 2 is 1.82 bits per heavy atom. The molecule has 0 heterocycles. The SMILES string of the molecule is O=C(N/N=C\c1ccccc1F)c1ccccc1OCc1ccc(Cl)cc1Cl. The molecule has 3 rings (SSSR count). The van der Waals surface area contributed by atoms with Crippen LogP contribution in [0.5, 0.6) is 5.75 Å². The molecule has 0 radical (unpaired) electrons. The smallest absolute Gasteiger partial charge is 0.275 e. The van der Waals surface area contributed by atoms with Crippen LogP contribution in [0.1, 0.15) is 21.5 Å². The van der Waals surface area contributed by atoms with E-state index < -0.39 is 11.7 Å². The van der Waals surface area contributed by atoms with Crippen LogP contribution in [-0.4, -0.2) is 12.1 Å². The molecule has 0 aliphatic rings. The molecular formula is C21H15Cl2FN2O2. The Kier molecular flexibility index (Phi) is 6.63. The lowest BCUT2D eigenvalue weighted by atomic mass is 10.2. The van der Waals surface area contributed by atoms with E-state index in [9.17, 15) is 9.18 Å². The molecular weight excluding hydrogens is 402 g/mol. The van der Waals surface area contributed by atoms with Crippen molar-refractivity contribution in [2.75, 3.05) is 0 Å². The lowest BCUT2D eigenvalue weighted by Crippen LogP contribution is -2.18. The Balaban J connectivity index is 1.69. The third kappa shape index (κ3) is 5.09. The minimum Gasteiger partial charge on any atom is -0.488 e. The van der Waals surface area contributed by atoms with Gasteiger partial charge in [0.25, 0.3) is 5.91 Å². The van der Waals surface area contributed by atoms with E-state index in [1.165, 1.54) is 12.3 Å². The summed E-state index contributed by atoms with van der Waals surface area (Å²) in [5.41, 5.74) is 3.67. The number of nitrogens with one attached hydrogen (secondary N) is 1. The van der Waals surface area contributed by atoms with Crippen molar-refractivity contribution in [2.24, 2.45) is 5.10 Å². The summed E-state index contributed by atoms with van der Waals surface area (Å²) in [6.45, 7) is 0.165. The zero-order valence-electron chi connectivity index (χ0n) is 14.5. The van der Waals surface area contributed by atoms with Crippen LogP contribution in [0.25, 0.3) is 0 Å². The van der Waals surface area contributed by atoms with Crippen molar-refractivity contribution < 1.29 is 13.9 Å². The summed E-state index contributed by atoms with van der Waals surface area (Å²) >= 11 is 12.0. The molecule has 0 saturated carbocycles. The first-order valence-corrected chi connectivity index (χ1v) is 9.04. The number of carbonyl (C=O) groups excluding carboxylic acids is 1. The molecule has 142 valence electrons. The first-order chi connectivity index (χ1) is 13.5. The topological polar surface area (TPSA) is 50.7 Å². The van der Waals surface area contributed by atoms with Crippen molar-refractivity contribution in [1.82, 2.24) is 5.43 Å². The zero-order chi connectivity index (χ0) is 19.9. The average Bonchev–Trinajstić information content (AvgIpc) is 2.69. The van der Waals surface area contributed by atoms with Gasteiger partial charge >= 0.3 is 0 Å². The van der Waals surface area contributed by atoms with Gasteiger partial charge in [-0.3, -0.25) is 4.79 Å². The van der Waals surface area contributed by atoms with Gasteiger partial charge in [-0.15, -0.1) is 0 Å². The van der Waals surface area contributed by atoms with Crippen LogP contribution in [0.4, 0.5) is 4.39 Å². The maximum absolute atomic E-state index is 13.6. The number of halogens is 3. The molecule has 3 aromatic carbocycles. The van der Waals surface area contributed by atoms with Crippen LogP contribution in [0, 0.1) is 5.82 Å². The highest BCUT2D eigenvalue weighted by atomic mass is 35.5. The molecule has 0 aliphatic heterocycles. The molecule has 0 saturated heterocycles. The van der Waals surface area contributed by atoms with E-state index >= 15 is 0 Å². The van der Waals surface area contributed by atoms with Crippen molar-refractivity contribution >= 4 is 35.3 Å². The summed E-state index contributed by atoms with van der Waals surface area (Å²) in [6, 6.07) is 17.9. The number of hydrazone groups is 1. The van der Waals surface area contributed by atoms with Gasteiger partial charge in [-0.05, 0) is 30.3 Å². The summed E-state index contributed by atoms with van der Waals surface area (Å²) in [5, 5.41) is 4.81. The largest absolute Gasteiger partial charge is 0.488 e. The van der Waals surface area contributed by atoms with Crippen LogP contribution in [-0.2, 0) is 6.61 Å². The predicted molar refractivity (Wildman–Crippen MR) is 109 cm³/mol.